The van der Waals surface area contributed by atoms with Gasteiger partial charge < -0.3 is 9.88 Å². The van der Waals surface area contributed by atoms with E-state index >= 15 is 0 Å². The number of carbonyl (C=O) groups excluding carboxylic acids is 1. The van der Waals surface area contributed by atoms with Crippen LogP contribution in [0.25, 0.3) is 5.69 Å². The van der Waals surface area contributed by atoms with Crippen molar-refractivity contribution in [2.24, 2.45) is 0 Å². The highest BCUT2D eigenvalue weighted by Gasteiger charge is 2.10. The molecule has 0 saturated heterocycles. The van der Waals surface area contributed by atoms with Gasteiger partial charge in [0.25, 0.3) is 5.91 Å². The minimum absolute atomic E-state index is 0.274. The number of aromatic nitrogens is 2. The van der Waals surface area contributed by atoms with E-state index in [9.17, 15) is 9.18 Å². The number of para-hydroxylation sites is 2. The molecule has 0 unspecified atom stereocenters. The van der Waals surface area contributed by atoms with Crippen molar-refractivity contribution in [3.05, 3.63) is 78.6 Å². The van der Waals surface area contributed by atoms with Crippen molar-refractivity contribution in [3.63, 3.8) is 0 Å². The second-order valence-electron chi connectivity index (χ2n) is 4.45. The summed E-state index contributed by atoms with van der Waals surface area (Å²) in [5, 5.41) is 2.79. The molecule has 1 amide bonds. The van der Waals surface area contributed by atoms with Crippen LogP contribution < -0.4 is 5.32 Å². The Morgan fingerprint density at radius 3 is 2.76 bits per heavy atom. The molecule has 0 aliphatic carbocycles. The normalized spacial score (nSPS) is 10.3. The number of carbonyl (C=O) groups is 1. The number of halogens is 1. The number of amides is 1. The van der Waals surface area contributed by atoms with Gasteiger partial charge in [-0.15, -0.1) is 0 Å². The summed E-state index contributed by atoms with van der Waals surface area (Å²) in [5.41, 5.74) is 1.69. The second kappa shape index (κ2) is 5.58. The molecule has 0 bridgehead atoms. The highest BCUT2D eigenvalue weighted by Crippen LogP contribution is 2.20. The maximum atomic E-state index is 13.2. The van der Waals surface area contributed by atoms with E-state index in [1.165, 1.54) is 18.2 Å². The molecule has 0 spiro atoms. The summed E-state index contributed by atoms with van der Waals surface area (Å²) in [6, 6.07) is 12.9. The number of imidazole rings is 1. The van der Waals surface area contributed by atoms with Crippen LogP contribution >= 0.6 is 0 Å². The molecular weight excluding hydrogens is 269 g/mol. The van der Waals surface area contributed by atoms with Gasteiger partial charge in [0.05, 0.1) is 17.7 Å². The smallest absolute Gasteiger partial charge is 0.255 e. The standard InChI is InChI=1S/C16H12FN3O/c17-13-5-3-4-12(10-13)16(21)19-14-6-1-2-7-15(14)20-9-8-18-11-20/h1-11H,(H,19,21). The van der Waals surface area contributed by atoms with Crippen LogP contribution in [-0.2, 0) is 0 Å². The number of nitrogens with zero attached hydrogens (tertiary/aromatic N) is 2. The maximum Gasteiger partial charge on any atom is 0.255 e. The van der Waals surface area contributed by atoms with E-state index in [-0.39, 0.29) is 11.5 Å². The Labute approximate surface area is 120 Å². The van der Waals surface area contributed by atoms with Gasteiger partial charge in [0.15, 0.2) is 0 Å². The predicted octanol–water partition coefficient (Wildman–Crippen LogP) is 3.26. The molecule has 0 aliphatic rings. The van der Waals surface area contributed by atoms with Crippen molar-refractivity contribution in [1.82, 2.24) is 9.55 Å². The Bertz CT molecular complexity index is 769. The van der Waals surface area contributed by atoms with Crippen LogP contribution in [0.3, 0.4) is 0 Å². The predicted molar refractivity (Wildman–Crippen MR) is 77.9 cm³/mol. The van der Waals surface area contributed by atoms with Crippen LogP contribution in [0.4, 0.5) is 10.1 Å². The van der Waals surface area contributed by atoms with Gasteiger partial charge in [0.1, 0.15) is 5.82 Å². The molecule has 5 heteroatoms. The lowest BCUT2D eigenvalue weighted by atomic mass is 10.2. The summed E-state index contributed by atoms with van der Waals surface area (Å²) in [6.07, 6.45) is 5.09. The number of anilines is 1. The molecule has 1 aromatic heterocycles. The quantitative estimate of drug-likeness (QED) is 0.801. The molecular formula is C16H12FN3O. The van der Waals surface area contributed by atoms with Crippen LogP contribution in [0.1, 0.15) is 10.4 Å². The van der Waals surface area contributed by atoms with Crippen molar-refractivity contribution in [1.29, 1.82) is 0 Å². The topological polar surface area (TPSA) is 46.9 Å². The first kappa shape index (κ1) is 13.1. The number of hydrogen-bond acceptors (Lipinski definition) is 2. The fourth-order valence-corrected chi connectivity index (χ4v) is 2.03. The molecule has 0 fully saturated rings. The molecule has 21 heavy (non-hydrogen) atoms. The number of nitrogens with one attached hydrogen (secondary N) is 1. The molecule has 0 aliphatic heterocycles. The van der Waals surface area contributed by atoms with Crippen LogP contribution in [0, 0.1) is 5.82 Å². The average molecular weight is 281 g/mol. The third-order valence-electron chi connectivity index (χ3n) is 3.02. The Hall–Kier alpha value is -2.95. The van der Waals surface area contributed by atoms with Crippen LogP contribution in [0.15, 0.2) is 67.3 Å². The third-order valence-corrected chi connectivity index (χ3v) is 3.02. The minimum Gasteiger partial charge on any atom is -0.320 e. The van der Waals surface area contributed by atoms with Crippen LogP contribution in [0.5, 0.6) is 0 Å². The lowest BCUT2D eigenvalue weighted by Gasteiger charge is -2.11. The number of benzene rings is 2. The fourth-order valence-electron chi connectivity index (χ4n) is 2.03. The Balaban J connectivity index is 1.90. The van der Waals surface area contributed by atoms with E-state index in [1.54, 1.807) is 35.4 Å². The zero-order valence-electron chi connectivity index (χ0n) is 11.0. The molecule has 0 atom stereocenters. The van der Waals surface area contributed by atoms with Crippen molar-refractivity contribution in [3.8, 4) is 5.69 Å². The second-order valence-corrected chi connectivity index (χ2v) is 4.45. The number of rotatable bonds is 3. The van der Waals surface area contributed by atoms with Crippen LogP contribution in [-0.4, -0.2) is 15.5 Å². The lowest BCUT2D eigenvalue weighted by Crippen LogP contribution is -2.13. The van der Waals surface area contributed by atoms with Gasteiger partial charge >= 0.3 is 0 Å². The summed E-state index contributed by atoms with van der Waals surface area (Å²) in [5.74, 6) is -0.799. The maximum absolute atomic E-state index is 13.2. The molecule has 4 nitrogen and oxygen atoms in total. The first-order chi connectivity index (χ1) is 10.2. The summed E-state index contributed by atoms with van der Waals surface area (Å²) in [6.45, 7) is 0. The van der Waals surface area contributed by atoms with Crippen molar-refractivity contribution in [2.75, 3.05) is 5.32 Å². The highest BCUT2D eigenvalue weighted by atomic mass is 19.1. The van der Waals surface area contributed by atoms with E-state index in [2.05, 4.69) is 10.3 Å². The van der Waals surface area contributed by atoms with Gasteiger partial charge in [-0.1, -0.05) is 18.2 Å². The molecule has 3 rings (SSSR count). The summed E-state index contributed by atoms with van der Waals surface area (Å²) >= 11 is 0. The molecule has 2 aromatic carbocycles. The fraction of sp³-hybridized carbons (Fsp3) is 0. The summed E-state index contributed by atoms with van der Waals surface area (Å²) in [7, 11) is 0. The number of hydrogen-bond donors (Lipinski definition) is 1. The molecule has 0 saturated carbocycles. The molecule has 1 heterocycles. The Morgan fingerprint density at radius 1 is 1.14 bits per heavy atom. The molecule has 104 valence electrons. The Morgan fingerprint density at radius 2 is 2.00 bits per heavy atom. The van der Waals surface area contributed by atoms with E-state index in [0.29, 0.717) is 5.69 Å². The van der Waals surface area contributed by atoms with Crippen molar-refractivity contribution in [2.45, 2.75) is 0 Å². The van der Waals surface area contributed by atoms with Gasteiger partial charge in [-0.25, -0.2) is 9.37 Å². The summed E-state index contributed by atoms with van der Waals surface area (Å²) in [4.78, 5) is 16.2. The highest BCUT2D eigenvalue weighted by molar-refractivity contribution is 6.05. The van der Waals surface area contributed by atoms with Crippen molar-refractivity contribution < 1.29 is 9.18 Å². The average Bonchev–Trinajstić information content (AvgIpc) is 3.02. The van der Waals surface area contributed by atoms with E-state index in [4.69, 9.17) is 0 Å². The monoisotopic (exact) mass is 281 g/mol. The third kappa shape index (κ3) is 2.81. The van der Waals surface area contributed by atoms with Gasteiger partial charge in [-0.2, -0.15) is 0 Å². The lowest BCUT2D eigenvalue weighted by molar-refractivity contribution is 0.102. The molecule has 0 radical (unpaired) electrons. The van der Waals surface area contributed by atoms with Gasteiger partial charge in [0.2, 0.25) is 0 Å². The zero-order valence-corrected chi connectivity index (χ0v) is 11.0. The SMILES string of the molecule is O=C(Nc1ccccc1-n1ccnc1)c1cccc(F)c1. The largest absolute Gasteiger partial charge is 0.320 e. The van der Waals surface area contributed by atoms with Crippen molar-refractivity contribution >= 4 is 11.6 Å². The minimum atomic E-state index is -0.439. The molecule has 1 N–H and O–H groups in total. The van der Waals surface area contributed by atoms with Gasteiger partial charge in [-0.05, 0) is 30.3 Å². The van der Waals surface area contributed by atoms with Gasteiger partial charge in [0, 0.05) is 18.0 Å². The van der Waals surface area contributed by atoms with Crippen LogP contribution in [0.2, 0.25) is 0 Å². The first-order valence-electron chi connectivity index (χ1n) is 6.38. The first-order valence-corrected chi connectivity index (χ1v) is 6.38. The van der Waals surface area contributed by atoms with E-state index in [0.717, 1.165) is 5.69 Å². The van der Waals surface area contributed by atoms with Gasteiger partial charge in [-0.3, -0.25) is 4.79 Å². The van der Waals surface area contributed by atoms with E-state index in [1.807, 2.05) is 18.2 Å². The Kier molecular flexibility index (Phi) is 3.47. The van der Waals surface area contributed by atoms with E-state index < -0.39 is 5.82 Å². The molecule has 3 aromatic rings. The zero-order chi connectivity index (χ0) is 14.7. The summed E-state index contributed by atoms with van der Waals surface area (Å²) < 4.78 is 15.0.